The Morgan fingerprint density at radius 2 is 2.21 bits per heavy atom. The van der Waals surface area contributed by atoms with Gasteiger partial charge in [0.25, 0.3) is 0 Å². The summed E-state index contributed by atoms with van der Waals surface area (Å²) in [5, 5.41) is 13.1. The van der Waals surface area contributed by atoms with Crippen molar-refractivity contribution < 1.29 is 14.6 Å². The fourth-order valence-corrected chi connectivity index (χ4v) is 2.41. The maximum Gasteiger partial charge on any atom is 0.224 e. The summed E-state index contributed by atoms with van der Waals surface area (Å²) in [5.41, 5.74) is 4.79. The van der Waals surface area contributed by atoms with Crippen LogP contribution in [0.3, 0.4) is 0 Å². The first kappa shape index (κ1) is 16.4. The van der Waals surface area contributed by atoms with E-state index in [-0.39, 0.29) is 29.9 Å². The molecule has 1 amide bonds. The number of carbonyl (C=O) groups is 1. The van der Waals surface area contributed by atoms with E-state index < -0.39 is 5.60 Å². The normalized spacial score (nSPS) is 29.3. The van der Waals surface area contributed by atoms with Gasteiger partial charge in [0.2, 0.25) is 5.91 Å². The zero-order chi connectivity index (χ0) is 14.7. The Hall–Kier alpha value is -0.650. The van der Waals surface area contributed by atoms with Crippen LogP contribution < -0.4 is 11.1 Å². The Bertz CT molecular complexity index is 314. The first-order chi connectivity index (χ1) is 8.68. The fraction of sp³-hybridized carbons (Fsp3) is 0.929. The molecular formula is C14H28N2O3. The molecule has 0 aromatic carbocycles. The van der Waals surface area contributed by atoms with Gasteiger partial charge in [-0.05, 0) is 18.8 Å². The van der Waals surface area contributed by atoms with Crippen LogP contribution in [0.2, 0.25) is 0 Å². The summed E-state index contributed by atoms with van der Waals surface area (Å²) in [6.45, 7) is 9.18. The van der Waals surface area contributed by atoms with E-state index >= 15 is 0 Å². The molecule has 1 fully saturated rings. The van der Waals surface area contributed by atoms with E-state index in [1.807, 2.05) is 6.92 Å². The van der Waals surface area contributed by atoms with Gasteiger partial charge in [-0.2, -0.15) is 0 Å². The summed E-state index contributed by atoms with van der Waals surface area (Å²) in [7, 11) is 0. The van der Waals surface area contributed by atoms with Gasteiger partial charge in [0.1, 0.15) is 5.60 Å². The van der Waals surface area contributed by atoms with Crippen LogP contribution in [0.25, 0.3) is 0 Å². The lowest BCUT2D eigenvalue weighted by molar-refractivity contribution is -0.127. The molecule has 1 aliphatic rings. The summed E-state index contributed by atoms with van der Waals surface area (Å²) >= 11 is 0. The number of rotatable bonds is 5. The van der Waals surface area contributed by atoms with Gasteiger partial charge >= 0.3 is 0 Å². The van der Waals surface area contributed by atoms with Crippen molar-refractivity contribution in [3.8, 4) is 0 Å². The summed E-state index contributed by atoms with van der Waals surface area (Å²) in [6.07, 6.45) is 1.05. The number of hydrogen-bond acceptors (Lipinski definition) is 4. The van der Waals surface area contributed by atoms with Gasteiger partial charge in [0.05, 0.1) is 12.0 Å². The SMILES string of the molecule is CC1OCCC1(O)CNC(=O)C(CN)CC(C)(C)C. The maximum absolute atomic E-state index is 12.1. The van der Waals surface area contributed by atoms with Gasteiger partial charge in [0.15, 0.2) is 0 Å². The van der Waals surface area contributed by atoms with Crippen molar-refractivity contribution in [2.45, 2.75) is 52.2 Å². The molecular weight excluding hydrogens is 244 g/mol. The smallest absolute Gasteiger partial charge is 0.224 e. The average molecular weight is 272 g/mol. The van der Waals surface area contributed by atoms with E-state index in [1.54, 1.807) is 0 Å². The Morgan fingerprint density at radius 1 is 1.58 bits per heavy atom. The highest BCUT2D eigenvalue weighted by molar-refractivity contribution is 5.79. The summed E-state index contributed by atoms with van der Waals surface area (Å²) < 4.78 is 5.34. The topological polar surface area (TPSA) is 84.6 Å². The molecule has 0 radical (unpaired) electrons. The minimum atomic E-state index is -0.948. The molecule has 0 aromatic rings. The van der Waals surface area contributed by atoms with Crippen LogP contribution in [0.1, 0.15) is 40.5 Å². The third-order valence-electron chi connectivity index (χ3n) is 3.74. The van der Waals surface area contributed by atoms with Crippen molar-refractivity contribution in [3.63, 3.8) is 0 Å². The van der Waals surface area contributed by atoms with Crippen molar-refractivity contribution in [2.75, 3.05) is 19.7 Å². The lowest BCUT2D eigenvalue weighted by Crippen LogP contribution is -2.49. The van der Waals surface area contributed by atoms with E-state index in [0.717, 1.165) is 6.42 Å². The Morgan fingerprint density at radius 3 is 2.63 bits per heavy atom. The highest BCUT2D eigenvalue weighted by Gasteiger charge is 2.40. The number of nitrogens with one attached hydrogen (secondary N) is 1. The molecule has 0 bridgehead atoms. The van der Waals surface area contributed by atoms with Crippen LogP contribution >= 0.6 is 0 Å². The van der Waals surface area contributed by atoms with Crippen molar-refractivity contribution in [2.24, 2.45) is 17.1 Å². The van der Waals surface area contributed by atoms with Crippen LogP contribution in [0.15, 0.2) is 0 Å². The van der Waals surface area contributed by atoms with Crippen molar-refractivity contribution in [1.29, 1.82) is 0 Å². The first-order valence-corrected chi connectivity index (χ1v) is 7.00. The second-order valence-corrected chi connectivity index (χ2v) is 6.78. The van der Waals surface area contributed by atoms with Crippen LogP contribution in [0.5, 0.6) is 0 Å². The standard InChI is InChI=1S/C14H28N2O3/c1-10-14(18,5-6-19-10)9-16-12(17)11(8-15)7-13(2,3)4/h10-11,18H,5-9,15H2,1-4H3,(H,16,17). The Labute approximate surface area is 115 Å². The average Bonchev–Trinajstić information content (AvgIpc) is 2.63. The molecule has 0 aliphatic carbocycles. The van der Waals surface area contributed by atoms with Gasteiger partial charge in [-0.15, -0.1) is 0 Å². The first-order valence-electron chi connectivity index (χ1n) is 7.00. The number of amides is 1. The number of hydrogen-bond donors (Lipinski definition) is 3. The third kappa shape index (κ3) is 4.75. The Kier molecular flexibility index (Phi) is 5.35. The van der Waals surface area contributed by atoms with Crippen molar-refractivity contribution in [1.82, 2.24) is 5.32 Å². The van der Waals surface area contributed by atoms with Gasteiger partial charge in [-0.3, -0.25) is 4.79 Å². The van der Waals surface area contributed by atoms with E-state index in [9.17, 15) is 9.90 Å². The molecule has 5 nitrogen and oxygen atoms in total. The van der Waals surface area contributed by atoms with Crippen LogP contribution in [-0.2, 0) is 9.53 Å². The molecule has 5 heteroatoms. The molecule has 0 saturated carbocycles. The van der Waals surface area contributed by atoms with E-state index in [4.69, 9.17) is 10.5 Å². The number of nitrogens with two attached hydrogens (primary N) is 1. The molecule has 19 heavy (non-hydrogen) atoms. The zero-order valence-corrected chi connectivity index (χ0v) is 12.5. The second-order valence-electron chi connectivity index (χ2n) is 6.78. The number of aliphatic hydroxyl groups is 1. The molecule has 1 saturated heterocycles. The zero-order valence-electron chi connectivity index (χ0n) is 12.5. The number of ether oxygens (including phenoxy) is 1. The summed E-state index contributed by atoms with van der Waals surface area (Å²) in [4.78, 5) is 12.1. The Balaban J connectivity index is 2.49. The highest BCUT2D eigenvalue weighted by atomic mass is 16.5. The van der Waals surface area contributed by atoms with Gasteiger partial charge < -0.3 is 20.9 Å². The van der Waals surface area contributed by atoms with Gasteiger partial charge in [-0.1, -0.05) is 20.8 Å². The lowest BCUT2D eigenvalue weighted by atomic mass is 9.84. The molecule has 1 rings (SSSR count). The van der Waals surface area contributed by atoms with E-state index in [1.165, 1.54) is 0 Å². The summed E-state index contributed by atoms with van der Waals surface area (Å²) in [6, 6.07) is 0. The molecule has 0 spiro atoms. The van der Waals surface area contributed by atoms with Gasteiger partial charge in [0, 0.05) is 26.1 Å². The molecule has 3 unspecified atom stereocenters. The molecule has 4 N–H and O–H groups in total. The maximum atomic E-state index is 12.1. The quantitative estimate of drug-likeness (QED) is 0.686. The molecule has 112 valence electrons. The molecule has 1 heterocycles. The monoisotopic (exact) mass is 272 g/mol. The molecule has 3 atom stereocenters. The second kappa shape index (κ2) is 6.20. The third-order valence-corrected chi connectivity index (χ3v) is 3.74. The van der Waals surface area contributed by atoms with Crippen molar-refractivity contribution >= 4 is 5.91 Å². The predicted molar refractivity (Wildman–Crippen MR) is 74.6 cm³/mol. The lowest BCUT2D eigenvalue weighted by Gasteiger charge is -2.28. The molecule has 0 aromatic heterocycles. The minimum Gasteiger partial charge on any atom is -0.385 e. The van der Waals surface area contributed by atoms with Crippen LogP contribution in [0, 0.1) is 11.3 Å². The van der Waals surface area contributed by atoms with Crippen LogP contribution in [-0.4, -0.2) is 42.4 Å². The fourth-order valence-electron chi connectivity index (χ4n) is 2.41. The highest BCUT2D eigenvalue weighted by Crippen LogP contribution is 2.26. The van der Waals surface area contributed by atoms with E-state index in [0.29, 0.717) is 19.6 Å². The number of carbonyl (C=O) groups excluding carboxylic acids is 1. The minimum absolute atomic E-state index is 0.0576. The largest absolute Gasteiger partial charge is 0.385 e. The predicted octanol–water partition coefficient (Wildman–Crippen LogP) is 0.654. The summed E-state index contributed by atoms with van der Waals surface area (Å²) in [5.74, 6) is -0.286. The van der Waals surface area contributed by atoms with Crippen molar-refractivity contribution in [3.05, 3.63) is 0 Å². The van der Waals surface area contributed by atoms with Crippen LogP contribution in [0.4, 0.5) is 0 Å². The van der Waals surface area contributed by atoms with Gasteiger partial charge in [-0.25, -0.2) is 0 Å². The van der Waals surface area contributed by atoms with E-state index in [2.05, 4.69) is 26.1 Å². The molecule has 1 aliphatic heterocycles.